The molecule has 7 nitrogen and oxygen atoms in total. The highest BCUT2D eigenvalue weighted by Crippen LogP contribution is 2.37. The van der Waals surface area contributed by atoms with Crippen LogP contribution >= 0.6 is 0 Å². The van der Waals surface area contributed by atoms with Crippen molar-refractivity contribution < 1.29 is 19.1 Å². The summed E-state index contributed by atoms with van der Waals surface area (Å²) >= 11 is 0. The Morgan fingerprint density at radius 1 is 1.24 bits per heavy atom. The number of ketones is 1. The lowest BCUT2D eigenvalue weighted by Gasteiger charge is -2.18. The Hall–Kier alpha value is -3.74. The fraction of sp³-hybridized carbons (Fsp3) is 0.333. The maximum atomic E-state index is 13.3. The number of amides is 2. The molecule has 176 valence electrons. The Labute approximate surface area is 199 Å². The lowest BCUT2D eigenvalue weighted by molar-refractivity contribution is -0.124. The van der Waals surface area contributed by atoms with Crippen LogP contribution in [-0.2, 0) is 9.59 Å². The average molecular weight is 460 g/mol. The van der Waals surface area contributed by atoms with E-state index in [-0.39, 0.29) is 36.0 Å². The summed E-state index contributed by atoms with van der Waals surface area (Å²) in [6, 6.07) is 11.1. The predicted molar refractivity (Wildman–Crippen MR) is 133 cm³/mol. The second-order valence-electron chi connectivity index (χ2n) is 8.86. The van der Waals surface area contributed by atoms with Crippen molar-refractivity contribution >= 4 is 40.8 Å². The minimum absolute atomic E-state index is 0.0101. The highest BCUT2D eigenvalue weighted by Gasteiger charge is 2.33. The normalized spacial score (nSPS) is 17.4. The van der Waals surface area contributed by atoms with Crippen molar-refractivity contribution in [3.63, 3.8) is 0 Å². The van der Waals surface area contributed by atoms with Gasteiger partial charge >= 0.3 is 0 Å². The number of carbonyl (C=O) groups is 3. The van der Waals surface area contributed by atoms with E-state index in [2.05, 4.69) is 10.3 Å². The van der Waals surface area contributed by atoms with Gasteiger partial charge in [0.1, 0.15) is 11.5 Å². The van der Waals surface area contributed by atoms with Gasteiger partial charge in [-0.2, -0.15) is 0 Å². The standard InChI is InChI=1S/C27H29N3O4/c1-5-34-25-13-24-23(11-16(25)2)27(33)30-15-20(12-22(30)14-28-24)19-6-8-21(9-7-19)29-26(32)17(3)10-18(4)31/h6-9,11,13-15,17,22H,5,10,12H2,1-4H3,(H,29,32)/t17-,22+/m1/s1. The van der Waals surface area contributed by atoms with Gasteiger partial charge < -0.3 is 19.7 Å². The first-order valence-electron chi connectivity index (χ1n) is 11.5. The third kappa shape index (κ3) is 4.78. The van der Waals surface area contributed by atoms with Crippen LogP contribution in [0.15, 0.2) is 47.6 Å². The van der Waals surface area contributed by atoms with E-state index >= 15 is 0 Å². The van der Waals surface area contributed by atoms with Crippen LogP contribution in [0, 0.1) is 12.8 Å². The first kappa shape index (κ1) is 23.4. The van der Waals surface area contributed by atoms with Crippen LogP contribution in [0.1, 0.15) is 55.1 Å². The van der Waals surface area contributed by atoms with Gasteiger partial charge in [0.05, 0.1) is 23.9 Å². The van der Waals surface area contributed by atoms with Gasteiger partial charge in [0.25, 0.3) is 5.91 Å². The molecule has 1 N–H and O–H groups in total. The number of Topliss-reactive ketones (excluding diaryl/α,β-unsaturated/α-hetero) is 1. The molecule has 0 fully saturated rings. The molecule has 2 aromatic rings. The number of carbonyl (C=O) groups excluding carboxylic acids is 3. The number of rotatable bonds is 7. The van der Waals surface area contributed by atoms with E-state index in [4.69, 9.17) is 4.74 Å². The van der Waals surface area contributed by atoms with Crippen molar-refractivity contribution in [1.82, 2.24) is 4.90 Å². The van der Waals surface area contributed by atoms with Crippen molar-refractivity contribution in [1.29, 1.82) is 0 Å². The second kappa shape index (κ2) is 9.63. The summed E-state index contributed by atoms with van der Waals surface area (Å²) in [5.74, 6) is 0.0917. The van der Waals surface area contributed by atoms with Crippen LogP contribution in [-0.4, -0.2) is 41.4 Å². The summed E-state index contributed by atoms with van der Waals surface area (Å²) < 4.78 is 5.66. The molecule has 0 saturated carbocycles. The van der Waals surface area contributed by atoms with Crippen LogP contribution in [0.25, 0.3) is 5.57 Å². The lowest BCUT2D eigenvalue weighted by Crippen LogP contribution is -2.32. The Bertz CT molecular complexity index is 1200. The fourth-order valence-electron chi connectivity index (χ4n) is 4.30. The molecule has 34 heavy (non-hydrogen) atoms. The van der Waals surface area contributed by atoms with Gasteiger partial charge in [-0.05, 0) is 55.7 Å². The molecule has 7 heteroatoms. The molecule has 2 aromatic carbocycles. The monoisotopic (exact) mass is 459 g/mol. The lowest BCUT2D eigenvalue weighted by atomic mass is 10.0. The van der Waals surface area contributed by atoms with Crippen LogP contribution < -0.4 is 10.1 Å². The summed E-state index contributed by atoms with van der Waals surface area (Å²) in [5, 5.41) is 2.85. The first-order valence-corrected chi connectivity index (χ1v) is 11.5. The zero-order chi connectivity index (χ0) is 24.4. The zero-order valence-corrected chi connectivity index (χ0v) is 19.9. The Balaban J connectivity index is 1.51. The molecule has 0 bridgehead atoms. The summed E-state index contributed by atoms with van der Waals surface area (Å²) in [6.07, 6.45) is 4.59. The van der Waals surface area contributed by atoms with E-state index in [1.54, 1.807) is 11.8 Å². The highest BCUT2D eigenvalue weighted by atomic mass is 16.5. The largest absolute Gasteiger partial charge is 0.494 e. The predicted octanol–water partition coefficient (Wildman–Crippen LogP) is 4.92. The van der Waals surface area contributed by atoms with Gasteiger partial charge in [-0.25, -0.2) is 0 Å². The van der Waals surface area contributed by atoms with E-state index in [0.717, 1.165) is 22.4 Å². The molecular formula is C27H29N3O4. The molecule has 0 radical (unpaired) electrons. The number of aryl methyl sites for hydroxylation is 1. The summed E-state index contributed by atoms with van der Waals surface area (Å²) in [6.45, 7) is 7.63. The molecular weight excluding hydrogens is 430 g/mol. The number of hydrogen-bond donors (Lipinski definition) is 1. The Kier molecular flexibility index (Phi) is 6.63. The second-order valence-corrected chi connectivity index (χ2v) is 8.86. The van der Waals surface area contributed by atoms with Crippen LogP contribution in [0.3, 0.4) is 0 Å². The summed E-state index contributed by atoms with van der Waals surface area (Å²) in [5.41, 5.74) is 4.77. The highest BCUT2D eigenvalue weighted by molar-refractivity contribution is 6.05. The zero-order valence-electron chi connectivity index (χ0n) is 19.9. The fourth-order valence-corrected chi connectivity index (χ4v) is 4.30. The molecule has 2 heterocycles. The van der Waals surface area contributed by atoms with Crippen molar-refractivity contribution in [2.75, 3.05) is 11.9 Å². The Morgan fingerprint density at radius 2 is 1.97 bits per heavy atom. The van der Waals surface area contributed by atoms with Crippen molar-refractivity contribution in [2.24, 2.45) is 10.9 Å². The number of benzene rings is 2. The third-order valence-corrected chi connectivity index (χ3v) is 6.09. The number of fused-ring (bicyclic) bond motifs is 2. The van der Waals surface area contributed by atoms with Crippen molar-refractivity contribution in [3.05, 3.63) is 59.3 Å². The number of hydrogen-bond acceptors (Lipinski definition) is 5. The van der Waals surface area contributed by atoms with Gasteiger partial charge in [-0.3, -0.25) is 14.6 Å². The molecule has 2 atom stereocenters. The van der Waals surface area contributed by atoms with Gasteiger partial charge in [0, 0.05) is 42.9 Å². The van der Waals surface area contributed by atoms with E-state index in [9.17, 15) is 14.4 Å². The maximum absolute atomic E-state index is 13.3. The van der Waals surface area contributed by atoms with Gasteiger partial charge in [-0.15, -0.1) is 0 Å². The Morgan fingerprint density at radius 3 is 2.65 bits per heavy atom. The number of ether oxygens (including phenoxy) is 1. The molecule has 2 amide bonds. The van der Waals surface area contributed by atoms with Crippen molar-refractivity contribution in [2.45, 2.75) is 46.6 Å². The molecule has 0 aromatic heterocycles. The van der Waals surface area contributed by atoms with E-state index < -0.39 is 0 Å². The van der Waals surface area contributed by atoms with Crippen LogP contribution in [0.4, 0.5) is 11.4 Å². The van der Waals surface area contributed by atoms with E-state index in [0.29, 0.717) is 30.0 Å². The number of nitrogens with one attached hydrogen (secondary N) is 1. The molecule has 4 rings (SSSR count). The minimum atomic E-state index is -0.379. The van der Waals surface area contributed by atoms with Gasteiger partial charge in [0.15, 0.2) is 0 Å². The van der Waals surface area contributed by atoms with Crippen LogP contribution in [0.2, 0.25) is 0 Å². The number of nitrogens with zero attached hydrogens (tertiary/aromatic N) is 2. The smallest absolute Gasteiger partial charge is 0.260 e. The summed E-state index contributed by atoms with van der Waals surface area (Å²) in [7, 11) is 0. The van der Waals surface area contributed by atoms with E-state index in [1.165, 1.54) is 6.92 Å². The average Bonchev–Trinajstić information content (AvgIpc) is 3.18. The number of anilines is 1. The molecule has 0 spiro atoms. The minimum Gasteiger partial charge on any atom is -0.494 e. The first-order chi connectivity index (χ1) is 16.3. The third-order valence-electron chi connectivity index (χ3n) is 6.09. The molecule has 0 saturated heterocycles. The topological polar surface area (TPSA) is 88.1 Å². The van der Waals surface area contributed by atoms with Gasteiger partial charge in [0.2, 0.25) is 5.91 Å². The quantitative estimate of drug-likeness (QED) is 0.637. The molecule has 2 aliphatic rings. The molecule has 0 aliphatic carbocycles. The molecule has 2 aliphatic heterocycles. The number of aliphatic imine (C=N–C) groups is 1. The van der Waals surface area contributed by atoms with Gasteiger partial charge in [-0.1, -0.05) is 19.1 Å². The SMILES string of the molecule is CCOc1cc2c(cc1C)C(=O)N1C=C(c3ccc(NC(=O)[C@H](C)CC(C)=O)cc3)C[C@H]1C=N2. The molecule has 0 unspecified atom stereocenters. The van der Waals surface area contributed by atoms with Crippen LogP contribution in [0.5, 0.6) is 5.75 Å². The van der Waals surface area contributed by atoms with E-state index in [1.807, 2.05) is 62.7 Å². The summed E-state index contributed by atoms with van der Waals surface area (Å²) in [4.78, 5) is 43.2. The maximum Gasteiger partial charge on any atom is 0.260 e. The van der Waals surface area contributed by atoms with Crippen molar-refractivity contribution in [3.8, 4) is 5.75 Å².